The van der Waals surface area contributed by atoms with Crippen molar-refractivity contribution in [3.8, 4) is 0 Å². The van der Waals surface area contributed by atoms with E-state index in [2.05, 4.69) is 5.32 Å². The molecular weight excluding hydrogens is 248 g/mol. The summed E-state index contributed by atoms with van der Waals surface area (Å²) < 4.78 is 0. The standard InChI is InChI=1S/C13H26N2O4/c1-9(12(2,3)4)15(6)11(18)14-8-13(5,19)7-10(16)17/h9,19H,7-8H2,1-6H3,(H,14,18)(H,16,17). The maximum atomic E-state index is 11.9. The Labute approximate surface area is 114 Å². The summed E-state index contributed by atoms with van der Waals surface area (Å²) in [4.78, 5) is 24.0. The number of hydrogen-bond donors (Lipinski definition) is 3. The van der Waals surface area contributed by atoms with Crippen LogP contribution in [0.25, 0.3) is 0 Å². The molecular formula is C13H26N2O4. The average Bonchev–Trinajstić information content (AvgIpc) is 2.20. The van der Waals surface area contributed by atoms with Gasteiger partial charge in [0.1, 0.15) is 0 Å². The summed E-state index contributed by atoms with van der Waals surface area (Å²) in [7, 11) is 1.68. The summed E-state index contributed by atoms with van der Waals surface area (Å²) in [5, 5.41) is 21.0. The molecule has 0 radical (unpaired) electrons. The SMILES string of the molecule is CC(N(C)C(=O)NCC(C)(O)CC(=O)O)C(C)(C)C. The van der Waals surface area contributed by atoms with Crippen LogP contribution in [0.4, 0.5) is 4.79 Å². The van der Waals surface area contributed by atoms with Crippen molar-refractivity contribution in [1.82, 2.24) is 10.2 Å². The molecule has 0 aromatic heterocycles. The number of amides is 2. The van der Waals surface area contributed by atoms with E-state index in [1.807, 2.05) is 27.7 Å². The zero-order valence-electron chi connectivity index (χ0n) is 12.6. The highest BCUT2D eigenvalue weighted by Gasteiger charge is 2.29. The smallest absolute Gasteiger partial charge is 0.317 e. The normalized spacial score (nSPS) is 16.4. The number of carboxylic acids is 1. The topological polar surface area (TPSA) is 89.9 Å². The van der Waals surface area contributed by atoms with Crippen molar-refractivity contribution in [3.63, 3.8) is 0 Å². The van der Waals surface area contributed by atoms with E-state index in [0.29, 0.717) is 0 Å². The fraction of sp³-hybridized carbons (Fsp3) is 0.846. The summed E-state index contributed by atoms with van der Waals surface area (Å²) in [6, 6.07) is -0.315. The zero-order valence-corrected chi connectivity index (χ0v) is 12.6. The number of carbonyl (C=O) groups excluding carboxylic acids is 1. The summed E-state index contributed by atoms with van der Waals surface area (Å²) in [6.45, 7) is 9.31. The van der Waals surface area contributed by atoms with Gasteiger partial charge in [0, 0.05) is 19.6 Å². The van der Waals surface area contributed by atoms with Crippen molar-refractivity contribution in [2.75, 3.05) is 13.6 Å². The Bertz CT molecular complexity index is 334. The lowest BCUT2D eigenvalue weighted by molar-refractivity contribution is -0.141. The van der Waals surface area contributed by atoms with E-state index in [9.17, 15) is 14.7 Å². The molecule has 0 saturated heterocycles. The van der Waals surface area contributed by atoms with Crippen molar-refractivity contribution >= 4 is 12.0 Å². The summed E-state index contributed by atoms with van der Waals surface area (Å²) in [5.41, 5.74) is -1.51. The van der Waals surface area contributed by atoms with Crippen LogP contribution >= 0.6 is 0 Å². The molecule has 0 aromatic rings. The molecule has 2 unspecified atom stereocenters. The summed E-state index contributed by atoms with van der Waals surface area (Å²) >= 11 is 0. The van der Waals surface area contributed by atoms with E-state index in [1.54, 1.807) is 11.9 Å². The number of hydrogen-bond acceptors (Lipinski definition) is 3. The van der Waals surface area contributed by atoms with Crippen LogP contribution in [0.15, 0.2) is 0 Å². The molecule has 0 saturated carbocycles. The minimum absolute atomic E-state index is 0.0110. The van der Waals surface area contributed by atoms with Gasteiger partial charge in [0.05, 0.1) is 12.0 Å². The Morgan fingerprint density at radius 2 is 1.74 bits per heavy atom. The third-order valence-corrected chi connectivity index (χ3v) is 3.31. The van der Waals surface area contributed by atoms with E-state index < -0.39 is 18.0 Å². The second-order valence-corrected chi connectivity index (χ2v) is 6.38. The molecule has 6 nitrogen and oxygen atoms in total. The highest BCUT2D eigenvalue weighted by molar-refractivity contribution is 5.74. The Morgan fingerprint density at radius 3 is 2.11 bits per heavy atom. The highest BCUT2D eigenvalue weighted by atomic mass is 16.4. The van der Waals surface area contributed by atoms with Crippen LogP contribution in [0.1, 0.15) is 41.0 Å². The predicted molar refractivity (Wildman–Crippen MR) is 73.0 cm³/mol. The Balaban J connectivity index is 4.43. The lowest BCUT2D eigenvalue weighted by Gasteiger charge is -2.35. The number of rotatable bonds is 5. The Hall–Kier alpha value is -1.30. The first-order chi connectivity index (χ1) is 8.37. The third kappa shape index (κ3) is 6.42. The van der Waals surface area contributed by atoms with Gasteiger partial charge in [-0.05, 0) is 19.3 Å². The number of aliphatic carboxylic acids is 1. The van der Waals surface area contributed by atoms with Crippen molar-refractivity contribution in [2.45, 2.75) is 52.7 Å². The number of carboxylic acid groups (broad SMARTS) is 1. The van der Waals surface area contributed by atoms with Crippen molar-refractivity contribution in [3.05, 3.63) is 0 Å². The van der Waals surface area contributed by atoms with Gasteiger partial charge >= 0.3 is 12.0 Å². The minimum Gasteiger partial charge on any atom is -0.481 e. The summed E-state index contributed by atoms with van der Waals surface area (Å²) in [5.74, 6) is -1.10. The summed E-state index contributed by atoms with van der Waals surface area (Å²) in [6.07, 6.45) is -0.411. The fourth-order valence-electron chi connectivity index (χ4n) is 1.54. The zero-order chi connectivity index (χ0) is 15.4. The largest absolute Gasteiger partial charge is 0.481 e. The maximum Gasteiger partial charge on any atom is 0.317 e. The van der Waals surface area contributed by atoms with E-state index in [-0.39, 0.29) is 24.0 Å². The Morgan fingerprint density at radius 1 is 1.26 bits per heavy atom. The molecule has 2 amide bonds. The average molecular weight is 274 g/mol. The monoisotopic (exact) mass is 274 g/mol. The van der Waals surface area contributed by atoms with Gasteiger partial charge in [0.2, 0.25) is 0 Å². The van der Waals surface area contributed by atoms with Gasteiger partial charge in [-0.3, -0.25) is 4.79 Å². The van der Waals surface area contributed by atoms with E-state index in [0.717, 1.165) is 0 Å². The maximum absolute atomic E-state index is 11.9. The molecule has 19 heavy (non-hydrogen) atoms. The molecule has 0 heterocycles. The molecule has 2 atom stereocenters. The fourth-order valence-corrected chi connectivity index (χ4v) is 1.54. The van der Waals surface area contributed by atoms with Crippen LogP contribution in [0.5, 0.6) is 0 Å². The molecule has 0 aliphatic heterocycles. The van der Waals surface area contributed by atoms with Crippen LogP contribution in [0.2, 0.25) is 0 Å². The van der Waals surface area contributed by atoms with Crippen LogP contribution in [0.3, 0.4) is 0 Å². The number of urea groups is 1. The first kappa shape index (κ1) is 17.7. The highest BCUT2D eigenvalue weighted by Crippen LogP contribution is 2.22. The first-order valence-corrected chi connectivity index (χ1v) is 6.31. The number of carbonyl (C=O) groups is 2. The number of aliphatic hydroxyl groups is 1. The second kappa shape index (κ2) is 6.23. The first-order valence-electron chi connectivity index (χ1n) is 6.31. The van der Waals surface area contributed by atoms with Gasteiger partial charge < -0.3 is 20.4 Å². The van der Waals surface area contributed by atoms with E-state index in [1.165, 1.54) is 6.92 Å². The molecule has 0 fully saturated rings. The Kier molecular flexibility index (Phi) is 5.81. The van der Waals surface area contributed by atoms with Gasteiger partial charge in [-0.25, -0.2) is 4.79 Å². The van der Waals surface area contributed by atoms with Crippen LogP contribution in [0, 0.1) is 5.41 Å². The molecule has 0 rings (SSSR count). The number of nitrogens with zero attached hydrogens (tertiary/aromatic N) is 1. The van der Waals surface area contributed by atoms with E-state index in [4.69, 9.17) is 5.11 Å². The van der Waals surface area contributed by atoms with Crippen molar-refractivity contribution in [2.24, 2.45) is 5.41 Å². The van der Waals surface area contributed by atoms with Gasteiger partial charge in [0.15, 0.2) is 0 Å². The van der Waals surface area contributed by atoms with E-state index >= 15 is 0 Å². The molecule has 0 aliphatic carbocycles. The molecule has 112 valence electrons. The van der Waals surface area contributed by atoms with Gasteiger partial charge in [-0.15, -0.1) is 0 Å². The molecule has 0 aromatic carbocycles. The molecule has 0 bridgehead atoms. The van der Waals surface area contributed by atoms with Crippen LogP contribution in [-0.2, 0) is 4.79 Å². The van der Waals surface area contributed by atoms with Crippen molar-refractivity contribution < 1.29 is 19.8 Å². The third-order valence-electron chi connectivity index (χ3n) is 3.31. The molecule has 3 N–H and O–H groups in total. The van der Waals surface area contributed by atoms with Gasteiger partial charge in [-0.2, -0.15) is 0 Å². The van der Waals surface area contributed by atoms with Crippen molar-refractivity contribution in [1.29, 1.82) is 0 Å². The lowest BCUT2D eigenvalue weighted by atomic mass is 9.87. The van der Waals surface area contributed by atoms with Gasteiger partial charge in [-0.1, -0.05) is 20.8 Å². The predicted octanol–water partition coefficient (Wildman–Crippen LogP) is 1.29. The quantitative estimate of drug-likeness (QED) is 0.704. The second-order valence-electron chi connectivity index (χ2n) is 6.38. The van der Waals surface area contributed by atoms with Gasteiger partial charge in [0.25, 0.3) is 0 Å². The van der Waals surface area contributed by atoms with Crippen LogP contribution in [-0.4, -0.2) is 52.3 Å². The lowest BCUT2D eigenvalue weighted by Crippen LogP contribution is -2.51. The number of nitrogens with one attached hydrogen (secondary N) is 1. The molecule has 0 spiro atoms. The minimum atomic E-state index is -1.45. The van der Waals surface area contributed by atoms with Crippen LogP contribution < -0.4 is 5.32 Å². The molecule has 0 aliphatic rings. The molecule has 6 heteroatoms.